The topological polar surface area (TPSA) is 29.5 Å². The number of alkyl halides is 2. The third kappa shape index (κ3) is 2.54. The highest BCUT2D eigenvalue weighted by atomic mass is 79.9. The van der Waals surface area contributed by atoms with Gasteiger partial charge in [0.1, 0.15) is 16.0 Å². The number of rotatable bonds is 2. The molecule has 0 spiro atoms. The van der Waals surface area contributed by atoms with Crippen LogP contribution in [0.5, 0.6) is 11.5 Å². The van der Waals surface area contributed by atoms with E-state index in [1.807, 2.05) is 0 Å². The van der Waals surface area contributed by atoms with Crippen molar-refractivity contribution in [2.24, 2.45) is 0 Å². The molecule has 0 aliphatic heterocycles. The Kier molecular flexibility index (Phi) is 3.49. The highest BCUT2D eigenvalue weighted by Crippen LogP contribution is 2.39. The summed E-state index contributed by atoms with van der Waals surface area (Å²) in [5.41, 5.74) is 0. The summed E-state index contributed by atoms with van der Waals surface area (Å²) in [7, 11) is 0. The maximum Gasteiger partial charge on any atom is 0.387 e. The molecular formula is C7H4Br2F2O2. The summed E-state index contributed by atoms with van der Waals surface area (Å²) in [5, 5.41) is 9.28. The van der Waals surface area contributed by atoms with Gasteiger partial charge in [0.25, 0.3) is 0 Å². The largest absolute Gasteiger partial charge is 0.505 e. The number of benzene rings is 1. The van der Waals surface area contributed by atoms with Crippen molar-refractivity contribution in [2.75, 3.05) is 0 Å². The summed E-state index contributed by atoms with van der Waals surface area (Å²) in [5.74, 6) is -0.270. The molecule has 0 aliphatic carbocycles. The van der Waals surface area contributed by atoms with Gasteiger partial charge in [-0.3, -0.25) is 0 Å². The molecule has 6 heteroatoms. The number of hydrogen-bond donors (Lipinski definition) is 1. The zero-order valence-corrected chi connectivity index (χ0v) is 9.27. The molecule has 1 aromatic carbocycles. The first-order chi connectivity index (χ1) is 6.02. The Labute approximate surface area is 89.8 Å². The lowest BCUT2D eigenvalue weighted by Gasteiger charge is -2.08. The molecule has 0 heterocycles. The van der Waals surface area contributed by atoms with Crippen LogP contribution in [0.2, 0.25) is 0 Å². The lowest BCUT2D eigenvalue weighted by molar-refractivity contribution is -0.0504. The molecule has 0 bridgehead atoms. The van der Waals surface area contributed by atoms with Gasteiger partial charge in [0.15, 0.2) is 0 Å². The van der Waals surface area contributed by atoms with Crippen LogP contribution in [-0.2, 0) is 0 Å². The fourth-order valence-electron chi connectivity index (χ4n) is 0.709. The van der Waals surface area contributed by atoms with Gasteiger partial charge in [-0.2, -0.15) is 8.78 Å². The molecule has 0 atom stereocenters. The molecule has 1 aromatic rings. The van der Waals surface area contributed by atoms with Crippen LogP contribution in [-0.4, -0.2) is 11.7 Å². The van der Waals surface area contributed by atoms with E-state index in [1.54, 1.807) is 0 Å². The zero-order chi connectivity index (χ0) is 10.0. The highest BCUT2D eigenvalue weighted by Gasteiger charge is 2.13. The second-order valence-corrected chi connectivity index (χ2v) is 3.73. The SMILES string of the molecule is Oc1c(Br)ccc(OC(F)F)c1Br. The predicted octanol–water partition coefficient (Wildman–Crippen LogP) is 3.52. The summed E-state index contributed by atoms with van der Waals surface area (Å²) in [6.07, 6.45) is 0. The third-order valence-corrected chi connectivity index (χ3v) is 2.65. The van der Waals surface area contributed by atoms with E-state index < -0.39 is 6.61 Å². The summed E-state index contributed by atoms with van der Waals surface area (Å²) >= 11 is 5.94. The molecular weight excluding hydrogens is 314 g/mol. The molecule has 0 amide bonds. The molecule has 0 fully saturated rings. The number of phenols is 1. The van der Waals surface area contributed by atoms with E-state index in [4.69, 9.17) is 0 Å². The van der Waals surface area contributed by atoms with E-state index in [-0.39, 0.29) is 16.0 Å². The molecule has 72 valence electrons. The predicted molar refractivity (Wildman–Crippen MR) is 50.1 cm³/mol. The lowest BCUT2D eigenvalue weighted by atomic mass is 10.3. The number of aromatic hydroxyl groups is 1. The van der Waals surface area contributed by atoms with E-state index in [0.717, 1.165) is 0 Å². The van der Waals surface area contributed by atoms with Crippen LogP contribution in [0.3, 0.4) is 0 Å². The van der Waals surface area contributed by atoms with Crippen molar-refractivity contribution in [3.05, 3.63) is 21.1 Å². The summed E-state index contributed by atoms with van der Waals surface area (Å²) < 4.78 is 28.2. The third-order valence-electron chi connectivity index (χ3n) is 1.25. The van der Waals surface area contributed by atoms with Gasteiger partial charge in [0, 0.05) is 0 Å². The smallest absolute Gasteiger partial charge is 0.387 e. The first-order valence-corrected chi connectivity index (χ1v) is 4.72. The van der Waals surface area contributed by atoms with Gasteiger partial charge in [0.2, 0.25) is 0 Å². The van der Waals surface area contributed by atoms with E-state index in [2.05, 4.69) is 36.6 Å². The van der Waals surface area contributed by atoms with Gasteiger partial charge in [0.05, 0.1) is 4.47 Å². The van der Waals surface area contributed by atoms with Crippen LogP contribution in [0, 0.1) is 0 Å². The van der Waals surface area contributed by atoms with Gasteiger partial charge < -0.3 is 9.84 Å². The normalized spacial score (nSPS) is 10.5. The Balaban J connectivity index is 3.04. The number of halogens is 4. The lowest BCUT2D eigenvalue weighted by Crippen LogP contribution is -2.02. The van der Waals surface area contributed by atoms with Crippen molar-refractivity contribution in [3.63, 3.8) is 0 Å². The molecule has 0 aromatic heterocycles. The molecule has 0 saturated carbocycles. The summed E-state index contributed by atoms with van der Waals surface area (Å²) in [6.45, 7) is -2.91. The maximum atomic E-state index is 11.8. The second kappa shape index (κ2) is 4.23. The Morgan fingerprint density at radius 2 is 1.92 bits per heavy atom. The van der Waals surface area contributed by atoms with Gasteiger partial charge in [-0.25, -0.2) is 0 Å². The van der Waals surface area contributed by atoms with E-state index in [1.165, 1.54) is 12.1 Å². The van der Waals surface area contributed by atoms with Crippen molar-refractivity contribution < 1.29 is 18.6 Å². The zero-order valence-electron chi connectivity index (χ0n) is 6.10. The van der Waals surface area contributed by atoms with Gasteiger partial charge in [-0.15, -0.1) is 0 Å². The van der Waals surface area contributed by atoms with Crippen molar-refractivity contribution >= 4 is 31.9 Å². The van der Waals surface area contributed by atoms with Crippen molar-refractivity contribution in [2.45, 2.75) is 6.61 Å². The minimum Gasteiger partial charge on any atom is -0.505 e. The average Bonchev–Trinajstić information content (AvgIpc) is 2.06. The van der Waals surface area contributed by atoms with Crippen molar-refractivity contribution in [3.8, 4) is 11.5 Å². The van der Waals surface area contributed by atoms with Gasteiger partial charge in [-0.05, 0) is 44.0 Å². The number of ether oxygens (including phenoxy) is 1. The average molecular weight is 318 g/mol. The Morgan fingerprint density at radius 1 is 1.31 bits per heavy atom. The van der Waals surface area contributed by atoms with Gasteiger partial charge >= 0.3 is 6.61 Å². The first kappa shape index (κ1) is 10.7. The molecule has 13 heavy (non-hydrogen) atoms. The Morgan fingerprint density at radius 3 is 2.46 bits per heavy atom. The minimum absolute atomic E-state index is 0.0992. The van der Waals surface area contributed by atoms with E-state index >= 15 is 0 Å². The molecule has 0 unspecified atom stereocenters. The second-order valence-electron chi connectivity index (χ2n) is 2.09. The van der Waals surface area contributed by atoms with E-state index in [0.29, 0.717) is 4.47 Å². The Hall–Kier alpha value is -0.360. The van der Waals surface area contributed by atoms with Crippen molar-refractivity contribution in [1.82, 2.24) is 0 Å². The molecule has 1 N–H and O–H groups in total. The minimum atomic E-state index is -2.91. The van der Waals surface area contributed by atoms with Gasteiger partial charge in [-0.1, -0.05) is 0 Å². The Bertz CT molecular complexity index is 318. The number of phenolic OH excluding ortho intramolecular Hbond substituents is 1. The fraction of sp³-hybridized carbons (Fsp3) is 0.143. The molecule has 0 saturated heterocycles. The maximum absolute atomic E-state index is 11.8. The summed E-state index contributed by atoms with van der Waals surface area (Å²) in [6, 6.07) is 2.73. The first-order valence-electron chi connectivity index (χ1n) is 3.14. The molecule has 0 radical (unpaired) electrons. The highest BCUT2D eigenvalue weighted by molar-refractivity contribution is 9.11. The van der Waals surface area contributed by atoms with Crippen LogP contribution >= 0.6 is 31.9 Å². The van der Waals surface area contributed by atoms with Crippen LogP contribution in [0.15, 0.2) is 21.1 Å². The van der Waals surface area contributed by atoms with Crippen LogP contribution in [0.1, 0.15) is 0 Å². The van der Waals surface area contributed by atoms with E-state index in [9.17, 15) is 13.9 Å². The van der Waals surface area contributed by atoms with Crippen LogP contribution < -0.4 is 4.74 Å². The monoisotopic (exact) mass is 316 g/mol. The standard InChI is InChI=1S/C7H4Br2F2O2/c8-3-1-2-4(13-7(10)11)5(9)6(3)12/h1-2,7,12H. The van der Waals surface area contributed by atoms with Crippen LogP contribution in [0.4, 0.5) is 8.78 Å². The molecule has 0 aliphatic rings. The van der Waals surface area contributed by atoms with Crippen molar-refractivity contribution in [1.29, 1.82) is 0 Å². The molecule has 2 nitrogen and oxygen atoms in total. The number of hydrogen-bond acceptors (Lipinski definition) is 2. The quantitative estimate of drug-likeness (QED) is 0.904. The fourth-order valence-corrected chi connectivity index (χ4v) is 1.75. The summed E-state index contributed by atoms with van der Waals surface area (Å²) in [4.78, 5) is 0. The molecule has 1 rings (SSSR count). The van der Waals surface area contributed by atoms with Crippen LogP contribution in [0.25, 0.3) is 0 Å².